The average Bonchev–Trinajstić information content (AvgIpc) is 2.63. The van der Waals surface area contributed by atoms with E-state index in [1.54, 1.807) is 6.20 Å². The van der Waals surface area contributed by atoms with Crippen LogP contribution in [0.15, 0.2) is 17.0 Å². The smallest absolute Gasteiger partial charge is 0.220 e. The molecule has 1 aliphatic rings. The number of hydrogen-bond acceptors (Lipinski definition) is 4. The van der Waals surface area contributed by atoms with Crippen LogP contribution < -0.4 is 10.6 Å². The van der Waals surface area contributed by atoms with Crippen LogP contribution in [0.2, 0.25) is 0 Å². The molecule has 1 saturated heterocycles. The van der Waals surface area contributed by atoms with Crippen LogP contribution in [0.4, 0.5) is 5.82 Å². The summed E-state index contributed by atoms with van der Waals surface area (Å²) in [5.74, 6) is 0.884. The molecule has 15 heavy (non-hydrogen) atoms. The molecule has 1 aromatic rings. The first-order valence-electron chi connectivity index (χ1n) is 4.74. The summed E-state index contributed by atoms with van der Waals surface area (Å²) in [6.45, 7) is 0.696. The lowest BCUT2D eigenvalue weighted by atomic mass is 10.2. The predicted molar refractivity (Wildman–Crippen MR) is 59.4 cm³/mol. The van der Waals surface area contributed by atoms with Gasteiger partial charge < -0.3 is 10.6 Å². The second kappa shape index (κ2) is 4.57. The fourth-order valence-electron chi connectivity index (χ4n) is 1.49. The molecule has 1 aromatic heterocycles. The highest BCUT2D eigenvalue weighted by atomic mass is 79.9. The summed E-state index contributed by atoms with van der Waals surface area (Å²) in [5, 5.41) is 6.05. The maximum Gasteiger partial charge on any atom is 0.220 e. The number of nitrogens with zero attached hydrogens (tertiary/aromatic N) is 2. The van der Waals surface area contributed by atoms with Gasteiger partial charge in [-0.3, -0.25) is 4.79 Å². The van der Waals surface area contributed by atoms with E-state index in [1.807, 2.05) is 0 Å². The van der Waals surface area contributed by atoms with E-state index in [2.05, 4.69) is 36.5 Å². The minimum Gasteiger partial charge on any atom is -0.367 e. The standard InChI is InChI=1S/C9H11BrN4O/c10-7-4-11-5-13-9(7)12-3-6-1-2-8(15)14-6/h4-6H,1-3H2,(H,14,15)(H,11,12,13). The Morgan fingerprint density at radius 1 is 1.67 bits per heavy atom. The Kier molecular flexibility index (Phi) is 3.15. The van der Waals surface area contributed by atoms with E-state index in [1.165, 1.54) is 6.33 Å². The first-order chi connectivity index (χ1) is 7.25. The van der Waals surface area contributed by atoms with Crippen molar-refractivity contribution in [3.05, 3.63) is 17.0 Å². The van der Waals surface area contributed by atoms with Gasteiger partial charge in [-0.05, 0) is 22.4 Å². The molecule has 2 rings (SSSR count). The topological polar surface area (TPSA) is 66.9 Å². The number of rotatable bonds is 3. The monoisotopic (exact) mass is 270 g/mol. The predicted octanol–water partition coefficient (Wildman–Crippen LogP) is 0.930. The second-order valence-electron chi connectivity index (χ2n) is 3.40. The molecule has 0 spiro atoms. The van der Waals surface area contributed by atoms with Crippen LogP contribution in [0.25, 0.3) is 0 Å². The van der Waals surface area contributed by atoms with E-state index in [0.29, 0.717) is 13.0 Å². The highest BCUT2D eigenvalue weighted by Crippen LogP contribution is 2.17. The molecule has 0 aliphatic carbocycles. The van der Waals surface area contributed by atoms with Gasteiger partial charge in [-0.1, -0.05) is 0 Å². The van der Waals surface area contributed by atoms with Gasteiger partial charge in [0, 0.05) is 25.2 Å². The molecule has 0 radical (unpaired) electrons. The van der Waals surface area contributed by atoms with Crippen LogP contribution >= 0.6 is 15.9 Å². The molecule has 5 nitrogen and oxygen atoms in total. The van der Waals surface area contributed by atoms with Crippen molar-refractivity contribution in [2.75, 3.05) is 11.9 Å². The van der Waals surface area contributed by atoms with Gasteiger partial charge >= 0.3 is 0 Å². The Bertz CT molecular complexity index is 371. The number of halogens is 1. The van der Waals surface area contributed by atoms with Crippen molar-refractivity contribution in [2.45, 2.75) is 18.9 Å². The first-order valence-corrected chi connectivity index (χ1v) is 5.54. The SMILES string of the molecule is O=C1CCC(CNc2ncncc2Br)N1. The Morgan fingerprint density at radius 3 is 3.20 bits per heavy atom. The van der Waals surface area contributed by atoms with Gasteiger partial charge in [-0.2, -0.15) is 0 Å². The molecular formula is C9H11BrN4O. The average molecular weight is 271 g/mol. The third kappa shape index (κ3) is 2.65. The third-order valence-corrected chi connectivity index (χ3v) is 2.85. The summed E-state index contributed by atoms with van der Waals surface area (Å²) in [6.07, 6.45) is 4.68. The van der Waals surface area contributed by atoms with Gasteiger partial charge in [0.15, 0.2) is 0 Å². The van der Waals surface area contributed by atoms with E-state index >= 15 is 0 Å². The largest absolute Gasteiger partial charge is 0.367 e. The van der Waals surface area contributed by atoms with Crippen molar-refractivity contribution < 1.29 is 4.79 Å². The molecule has 1 amide bonds. The summed E-state index contributed by atoms with van der Waals surface area (Å²) < 4.78 is 0.828. The summed E-state index contributed by atoms with van der Waals surface area (Å²) in [7, 11) is 0. The molecule has 1 atom stereocenters. The van der Waals surface area contributed by atoms with E-state index in [-0.39, 0.29) is 11.9 Å². The molecule has 2 heterocycles. The van der Waals surface area contributed by atoms with Crippen molar-refractivity contribution in [2.24, 2.45) is 0 Å². The van der Waals surface area contributed by atoms with E-state index in [0.717, 1.165) is 16.7 Å². The first kappa shape index (κ1) is 10.4. The molecule has 0 saturated carbocycles. The Morgan fingerprint density at radius 2 is 2.53 bits per heavy atom. The van der Waals surface area contributed by atoms with E-state index < -0.39 is 0 Å². The summed E-state index contributed by atoms with van der Waals surface area (Å²) in [5.41, 5.74) is 0. The fourth-order valence-corrected chi connectivity index (χ4v) is 1.85. The number of aromatic nitrogens is 2. The molecule has 0 bridgehead atoms. The molecule has 1 fully saturated rings. The van der Waals surface area contributed by atoms with Gasteiger partial charge in [0.25, 0.3) is 0 Å². The highest BCUT2D eigenvalue weighted by Gasteiger charge is 2.20. The summed E-state index contributed by atoms with van der Waals surface area (Å²) in [4.78, 5) is 18.9. The highest BCUT2D eigenvalue weighted by molar-refractivity contribution is 9.10. The number of carbonyl (C=O) groups excluding carboxylic acids is 1. The van der Waals surface area contributed by atoms with Crippen LogP contribution in [0, 0.1) is 0 Å². The van der Waals surface area contributed by atoms with Crippen molar-refractivity contribution in [1.82, 2.24) is 15.3 Å². The Hall–Kier alpha value is -1.17. The van der Waals surface area contributed by atoms with Gasteiger partial charge in [-0.25, -0.2) is 9.97 Å². The number of carbonyl (C=O) groups is 1. The molecule has 0 aromatic carbocycles. The minimum atomic E-state index is 0.128. The maximum atomic E-state index is 11.0. The van der Waals surface area contributed by atoms with Crippen LogP contribution in [0.3, 0.4) is 0 Å². The lowest BCUT2D eigenvalue weighted by Crippen LogP contribution is -2.32. The molecular weight excluding hydrogens is 260 g/mol. The van der Waals surface area contributed by atoms with Crippen LogP contribution in [-0.2, 0) is 4.79 Å². The molecule has 80 valence electrons. The molecule has 2 N–H and O–H groups in total. The number of hydrogen-bond donors (Lipinski definition) is 2. The zero-order valence-electron chi connectivity index (χ0n) is 8.03. The van der Waals surface area contributed by atoms with Crippen LogP contribution in [-0.4, -0.2) is 28.5 Å². The quantitative estimate of drug-likeness (QED) is 0.858. The Labute approximate surface area is 95.8 Å². The normalized spacial score (nSPS) is 20.1. The van der Waals surface area contributed by atoms with Gasteiger partial charge in [0.1, 0.15) is 12.1 Å². The zero-order chi connectivity index (χ0) is 10.7. The van der Waals surface area contributed by atoms with Crippen molar-refractivity contribution in [3.8, 4) is 0 Å². The molecule has 6 heteroatoms. The zero-order valence-corrected chi connectivity index (χ0v) is 9.62. The number of nitrogens with one attached hydrogen (secondary N) is 2. The third-order valence-electron chi connectivity index (χ3n) is 2.27. The summed E-state index contributed by atoms with van der Waals surface area (Å²) >= 11 is 3.34. The summed E-state index contributed by atoms with van der Waals surface area (Å²) in [6, 6.07) is 0.208. The van der Waals surface area contributed by atoms with E-state index in [9.17, 15) is 4.79 Å². The maximum absolute atomic E-state index is 11.0. The van der Waals surface area contributed by atoms with E-state index in [4.69, 9.17) is 0 Å². The van der Waals surface area contributed by atoms with Crippen molar-refractivity contribution in [1.29, 1.82) is 0 Å². The van der Waals surface area contributed by atoms with Gasteiger partial charge in [0.05, 0.1) is 4.47 Å². The van der Waals surface area contributed by atoms with Crippen molar-refractivity contribution in [3.63, 3.8) is 0 Å². The molecule has 1 unspecified atom stereocenters. The van der Waals surface area contributed by atoms with Crippen LogP contribution in [0.1, 0.15) is 12.8 Å². The lowest BCUT2D eigenvalue weighted by molar-refractivity contribution is -0.119. The van der Waals surface area contributed by atoms with Crippen molar-refractivity contribution >= 4 is 27.7 Å². The minimum absolute atomic E-state index is 0.128. The Balaban J connectivity index is 1.88. The van der Waals surface area contributed by atoms with Gasteiger partial charge in [-0.15, -0.1) is 0 Å². The lowest BCUT2D eigenvalue weighted by Gasteiger charge is -2.12. The number of amides is 1. The number of anilines is 1. The second-order valence-corrected chi connectivity index (χ2v) is 4.26. The van der Waals surface area contributed by atoms with Gasteiger partial charge in [0.2, 0.25) is 5.91 Å². The molecule has 1 aliphatic heterocycles. The van der Waals surface area contributed by atoms with Crippen LogP contribution in [0.5, 0.6) is 0 Å². The fraction of sp³-hybridized carbons (Fsp3) is 0.444.